The third kappa shape index (κ3) is 4.52. The Bertz CT molecular complexity index is 948. The molecule has 3 aromatic carbocycles. The van der Waals surface area contributed by atoms with E-state index < -0.39 is 7.55 Å². The van der Waals surface area contributed by atoms with E-state index in [1.807, 2.05) is 0 Å². The first kappa shape index (κ1) is 19.5. The Morgan fingerprint density at radius 1 is 0.667 bits per heavy atom. The number of benzene rings is 3. The zero-order valence-electron chi connectivity index (χ0n) is 17.3. The van der Waals surface area contributed by atoms with Crippen molar-refractivity contribution in [2.45, 2.75) is 41.5 Å². The maximum Gasteiger partial charge on any atom is 0.141 e. The van der Waals surface area contributed by atoms with E-state index in [1.54, 1.807) is 0 Å². The highest BCUT2D eigenvalue weighted by Gasteiger charge is 2.15. The third-order valence-corrected chi connectivity index (χ3v) is 7.03. The molecule has 0 amide bonds. The number of hydrogen-bond donors (Lipinski definition) is 0. The summed E-state index contributed by atoms with van der Waals surface area (Å²) in [6.45, 7) is 13.3. The first-order valence-corrected chi connectivity index (χ1v) is 11.0. The van der Waals surface area contributed by atoms with Crippen LogP contribution >= 0.6 is 7.55 Å². The molecule has 0 bridgehead atoms. The molecule has 0 radical (unpaired) electrons. The van der Waals surface area contributed by atoms with Crippen LogP contribution < -0.4 is 5.30 Å². The lowest BCUT2D eigenvalue weighted by molar-refractivity contribution is 1.28. The minimum absolute atomic E-state index is 0.542. The van der Waals surface area contributed by atoms with E-state index in [2.05, 4.69) is 108 Å². The van der Waals surface area contributed by atoms with Crippen LogP contribution in [0.4, 0.5) is 0 Å². The predicted octanol–water partition coefficient (Wildman–Crippen LogP) is 6.70. The summed E-state index contributed by atoms with van der Waals surface area (Å²) >= 11 is 0. The van der Waals surface area contributed by atoms with Gasteiger partial charge < -0.3 is 0 Å². The number of hydrogen-bond acceptors (Lipinski definition) is 0. The topological polar surface area (TPSA) is 0 Å². The Morgan fingerprint density at radius 3 is 1.67 bits per heavy atom. The second kappa shape index (κ2) is 8.15. The predicted molar refractivity (Wildman–Crippen MR) is 123 cm³/mol. The molecule has 0 aliphatic heterocycles. The molecule has 3 rings (SSSR count). The van der Waals surface area contributed by atoms with Crippen molar-refractivity contribution in [2.24, 2.45) is 0 Å². The first-order valence-electron chi connectivity index (χ1n) is 9.54. The van der Waals surface area contributed by atoms with Crippen molar-refractivity contribution < 1.29 is 0 Å². The van der Waals surface area contributed by atoms with E-state index in [9.17, 15) is 0 Å². The largest absolute Gasteiger partial charge is 0.147 e. The van der Waals surface area contributed by atoms with Crippen LogP contribution in [0.1, 0.15) is 44.5 Å². The molecule has 0 aromatic heterocycles. The summed E-state index contributed by atoms with van der Waals surface area (Å²) in [6.07, 6.45) is 2.49. The highest BCUT2D eigenvalue weighted by molar-refractivity contribution is 7.67. The number of aryl methyl sites for hydroxylation is 6. The fraction of sp³-hybridized carbons (Fsp3) is 0.231. The summed E-state index contributed by atoms with van der Waals surface area (Å²) < 4.78 is 0. The molecule has 0 saturated heterocycles. The van der Waals surface area contributed by atoms with Gasteiger partial charge >= 0.3 is 0 Å². The normalized spacial score (nSPS) is 11.6. The van der Waals surface area contributed by atoms with E-state index >= 15 is 0 Å². The van der Waals surface area contributed by atoms with Gasteiger partial charge in [0.2, 0.25) is 0 Å². The molecule has 1 heteroatoms. The zero-order valence-corrected chi connectivity index (χ0v) is 18.2. The van der Waals surface area contributed by atoms with Crippen LogP contribution in [0.2, 0.25) is 0 Å². The van der Waals surface area contributed by atoms with Crippen molar-refractivity contribution in [1.29, 1.82) is 0 Å². The fourth-order valence-corrected chi connectivity index (χ4v) is 6.11. The van der Waals surface area contributed by atoms with Crippen LogP contribution in [0.25, 0.3) is 0 Å². The molecule has 0 nitrogen and oxygen atoms in total. The summed E-state index contributed by atoms with van der Waals surface area (Å²) in [5.74, 6) is 2.49. The van der Waals surface area contributed by atoms with Gasteiger partial charge in [0.1, 0.15) is 18.6 Å². The molecular weight excluding hydrogens is 343 g/mol. The van der Waals surface area contributed by atoms with E-state index in [-0.39, 0.29) is 0 Å². The highest BCUT2D eigenvalue weighted by Crippen LogP contribution is 2.35. The van der Waals surface area contributed by atoms with Crippen molar-refractivity contribution in [3.63, 3.8) is 0 Å². The van der Waals surface area contributed by atoms with Crippen LogP contribution in [0.15, 0.2) is 54.6 Å². The van der Waals surface area contributed by atoms with E-state index in [4.69, 9.17) is 0 Å². The fourth-order valence-electron chi connectivity index (χ4n) is 3.85. The molecule has 1 atom stereocenters. The molecule has 138 valence electrons. The Hall–Kier alpha value is -2.30. The van der Waals surface area contributed by atoms with Gasteiger partial charge in [-0.2, -0.15) is 0 Å². The average molecular weight is 372 g/mol. The molecule has 0 N–H and O–H groups in total. The van der Waals surface area contributed by atoms with Gasteiger partial charge in [-0.25, -0.2) is 0 Å². The van der Waals surface area contributed by atoms with Gasteiger partial charge in [-0.3, -0.25) is 0 Å². The Kier molecular flexibility index (Phi) is 5.88. The lowest BCUT2D eigenvalue weighted by atomic mass is 10.0. The monoisotopic (exact) mass is 372 g/mol. The third-order valence-electron chi connectivity index (χ3n) is 5.07. The van der Waals surface area contributed by atoms with Crippen molar-refractivity contribution in [3.8, 4) is 0 Å². The minimum atomic E-state index is -0.542. The quantitative estimate of drug-likeness (QED) is 0.353. The Labute approximate surface area is 165 Å². The lowest BCUT2D eigenvalue weighted by Crippen LogP contribution is -2.02. The van der Waals surface area contributed by atoms with Gasteiger partial charge in [0.15, 0.2) is 0 Å². The molecule has 3 aromatic rings. The van der Waals surface area contributed by atoms with Crippen molar-refractivity contribution in [1.82, 2.24) is 0 Å². The standard InChI is InChI=1S/C26H29P/c1-18-12-20(3)25(21(4)13-18)16-27(24-10-8-7-9-11-24)17-26-22(5)14-19(2)15-23(26)6/h7-17H,1-6H3. The molecule has 0 spiro atoms. The maximum absolute atomic E-state index is 2.49. The van der Waals surface area contributed by atoms with Crippen LogP contribution in [-0.4, -0.2) is 5.80 Å². The summed E-state index contributed by atoms with van der Waals surface area (Å²) in [5, 5.41) is 1.39. The van der Waals surface area contributed by atoms with Crippen LogP contribution in [-0.2, 0) is 0 Å². The average Bonchev–Trinajstić information content (AvgIpc) is 2.59. The van der Waals surface area contributed by atoms with Gasteiger partial charge in [0.05, 0.1) is 0 Å². The highest BCUT2D eigenvalue weighted by atomic mass is 31.1. The molecule has 27 heavy (non-hydrogen) atoms. The lowest BCUT2D eigenvalue weighted by Gasteiger charge is -2.17. The first-order chi connectivity index (χ1) is 12.8. The Balaban J connectivity index is 2.14. The smallest absolute Gasteiger partial charge is 0.141 e. The Morgan fingerprint density at radius 2 is 1.15 bits per heavy atom. The zero-order chi connectivity index (χ0) is 19.6. The van der Waals surface area contributed by atoms with Crippen molar-refractivity contribution in [2.75, 3.05) is 0 Å². The van der Waals surface area contributed by atoms with E-state index in [1.165, 1.54) is 49.8 Å². The van der Waals surface area contributed by atoms with Crippen LogP contribution in [0, 0.1) is 47.7 Å². The van der Waals surface area contributed by atoms with Gasteiger partial charge in [-0.1, -0.05) is 55.3 Å². The second-order valence-corrected chi connectivity index (χ2v) is 9.47. The minimum Gasteiger partial charge on any atom is -0.147 e. The molecule has 0 aliphatic carbocycles. The maximum atomic E-state index is 2.49. The number of rotatable bonds is 4. The van der Waals surface area contributed by atoms with Crippen molar-refractivity contribution >= 4 is 18.6 Å². The molecule has 1 unspecified atom stereocenters. The van der Waals surface area contributed by atoms with E-state index in [0.717, 1.165) is 0 Å². The second-order valence-electron chi connectivity index (χ2n) is 7.63. The molecule has 0 aliphatic rings. The van der Waals surface area contributed by atoms with Gasteiger partial charge in [0.25, 0.3) is 0 Å². The molecular formula is C26H29P. The van der Waals surface area contributed by atoms with Crippen LogP contribution in [0.3, 0.4) is 0 Å². The van der Waals surface area contributed by atoms with E-state index in [0.29, 0.717) is 0 Å². The molecule has 0 saturated carbocycles. The van der Waals surface area contributed by atoms with Gasteiger partial charge in [0, 0.05) is 11.7 Å². The van der Waals surface area contributed by atoms with Crippen molar-refractivity contribution in [3.05, 3.63) is 105 Å². The molecule has 0 fully saturated rings. The summed E-state index contributed by atoms with van der Waals surface area (Å²) in [5.41, 5.74) is 10.9. The van der Waals surface area contributed by atoms with Gasteiger partial charge in [-0.05, 0) is 51.0 Å². The summed E-state index contributed by atoms with van der Waals surface area (Å²) in [6, 6.07) is 20.1. The summed E-state index contributed by atoms with van der Waals surface area (Å²) in [7, 11) is -0.542. The SMILES string of the molecule is Cc1cc(C)c(C=[P+]([CH-]c2c(C)cc(C)cc2C)c2ccccc2)c(C)c1. The molecule has 0 heterocycles. The van der Waals surface area contributed by atoms with Gasteiger partial charge in [-0.15, -0.1) is 28.8 Å². The summed E-state index contributed by atoms with van der Waals surface area (Å²) in [4.78, 5) is 0. The van der Waals surface area contributed by atoms with Crippen LogP contribution in [0.5, 0.6) is 0 Å².